The smallest absolute Gasteiger partial charge is 0.265 e. The minimum Gasteiger partial charge on any atom is -0.495 e. The van der Waals surface area contributed by atoms with Gasteiger partial charge in [0.15, 0.2) is 17.7 Å². The predicted molar refractivity (Wildman–Crippen MR) is 83.1 cm³/mol. The first-order chi connectivity index (χ1) is 10.5. The lowest BCUT2D eigenvalue weighted by atomic mass is 10.2. The topological polar surface area (TPSA) is 47.6 Å². The molecular weight excluding hydrogens is 309 g/mol. The summed E-state index contributed by atoms with van der Waals surface area (Å²) in [5.74, 6) is -0.396. The molecule has 1 N–H and O–H groups in total. The van der Waals surface area contributed by atoms with E-state index in [0.29, 0.717) is 16.5 Å². The lowest BCUT2D eigenvalue weighted by Gasteiger charge is -2.15. The molecule has 0 aliphatic heterocycles. The summed E-state index contributed by atoms with van der Waals surface area (Å²) in [5, 5.41) is 3.02. The van der Waals surface area contributed by atoms with E-state index in [1.54, 1.807) is 30.3 Å². The number of hydrogen-bond donors (Lipinski definition) is 1. The number of carbonyl (C=O) groups is 1. The van der Waals surface area contributed by atoms with Crippen molar-refractivity contribution in [3.8, 4) is 11.5 Å². The monoisotopic (exact) mass is 323 g/mol. The van der Waals surface area contributed by atoms with Gasteiger partial charge in [-0.05, 0) is 37.3 Å². The van der Waals surface area contributed by atoms with Crippen molar-refractivity contribution in [2.75, 3.05) is 12.4 Å². The van der Waals surface area contributed by atoms with Crippen molar-refractivity contribution >= 4 is 23.2 Å². The average Bonchev–Trinajstić information content (AvgIpc) is 2.49. The highest BCUT2D eigenvalue weighted by Gasteiger charge is 2.17. The summed E-state index contributed by atoms with van der Waals surface area (Å²) >= 11 is 5.99. The van der Waals surface area contributed by atoms with Crippen molar-refractivity contribution in [1.29, 1.82) is 0 Å². The Labute approximate surface area is 132 Å². The van der Waals surface area contributed by atoms with Crippen LogP contribution in [0.2, 0.25) is 5.02 Å². The Morgan fingerprint density at radius 3 is 2.59 bits per heavy atom. The molecule has 0 saturated heterocycles. The van der Waals surface area contributed by atoms with Crippen LogP contribution >= 0.6 is 11.6 Å². The van der Waals surface area contributed by atoms with Crippen LogP contribution in [0.1, 0.15) is 6.92 Å². The van der Waals surface area contributed by atoms with Gasteiger partial charge in [-0.15, -0.1) is 0 Å². The van der Waals surface area contributed by atoms with E-state index in [1.807, 2.05) is 0 Å². The van der Waals surface area contributed by atoms with Gasteiger partial charge in [0.05, 0.1) is 12.1 Å². The molecule has 116 valence electrons. The minimum atomic E-state index is -0.863. The van der Waals surface area contributed by atoms with Crippen LogP contribution in [0.3, 0.4) is 0 Å². The van der Waals surface area contributed by atoms with Gasteiger partial charge in [-0.2, -0.15) is 0 Å². The zero-order valence-electron chi connectivity index (χ0n) is 12.1. The Bertz CT molecular complexity index is 678. The molecule has 0 aliphatic carbocycles. The first-order valence-electron chi connectivity index (χ1n) is 6.57. The summed E-state index contributed by atoms with van der Waals surface area (Å²) in [4.78, 5) is 12.1. The lowest BCUT2D eigenvalue weighted by molar-refractivity contribution is -0.122. The van der Waals surface area contributed by atoms with E-state index in [9.17, 15) is 9.18 Å². The predicted octanol–water partition coefficient (Wildman–Crippen LogP) is 3.89. The molecule has 6 heteroatoms. The molecule has 2 aromatic rings. The maximum absolute atomic E-state index is 13.5. The second-order valence-corrected chi connectivity index (χ2v) is 4.94. The SMILES string of the molecule is COc1ccc(NC(=O)C(C)Oc2ccccc2F)cc1Cl. The molecule has 1 atom stereocenters. The number of methoxy groups -OCH3 is 1. The van der Waals surface area contributed by atoms with Crippen LogP contribution in [0.15, 0.2) is 42.5 Å². The standard InChI is InChI=1S/C16H15ClFNO3/c1-10(22-15-6-4-3-5-13(15)18)16(20)19-11-7-8-14(21-2)12(17)9-11/h3-10H,1-2H3,(H,19,20). The summed E-state index contributed by atoms with van der Waals surface area (Å²) in [6, 6.07) is 10.8. The Hall–Kier alpha value is -2.27. The fourth-order valence-electron chi connectivity index (χ4n) is 1.77. The van der Waals surface area contributed by atoms with E-state index in [1.165, 1.54) is 26.2 Å². The highest BCUT2D eigenvalue weighted by Crippen LogP contribution is 2.27. The number of anilines is 1. The number of carbonyl (C=O) groups excluding carboxylic acids is 1. The number of ether oxygens (including phenoxy) is 2. The van der Waals surface area contributed by atoms with E-state index in [-0.39, 0.29) is 5.75 Å². The molecular formula is C16H15ClFNO3. The summed E-state index contributed by atoms with van der Waals surface area (Å²) in [6.07, 6.45) is -0.863. The third kappa shape index (κ3) is 3.89. The number of benzene rings is 2. The first kappa shape index (κ1) is 16.1. The van der Waals surface area contributed by atoms with Crippen LogP contribution in [0.4, 0.5) is 10.1 Å². The molecule has 0 aliphatic rings. The van der Waals surface area contributed by atoms with Crippen molar-refractivity contribution in [3.63, 3.8) is 0 Å². The van der Waals surface area contributed by atoms with Crippen LogP contribution in [0, 0.1) is 5.82 Å². The van der Waals surface area contributed by atoms with Crippen LogP contribution in [0.25, 0.3) is 0 Å². The van der Waals surface area contributed by atoms with Crippen LogP contribution < -0.4 is 14.8 Å². The summed E-state index contributed by atoms with van der Waals surface area (Å²) in [6.45, 7) is 1.53. The molecule has 2 rings (SSSR count). The van der Waals surface area contributed by atoms with Crippen molar-refractivity contribution in [1.82, 2.24) is 0 Å². The molecule has 0 bridgehead atoms. The molecule has 2 aromatic carbocycles. The molecule has 4 nitrogen and oxygen atoms in total. The van der Waals surface area contributed by atoms with Gasteiger partial charge in [-0.3, -0.25) is 4.79 Å². The lowest BCUT2D eigenvalue weighted by Crippen LogP contribution is -2.30. The Balaban J connectivity index is 2.02. The fourth-order valence-corrected chi connectivity index (χ4v) is 2.03. The molecule has 0 saturated carbocycles. The zero-order valence-corrected chi connectivity index (χ0v) is 12.9. The quantitative estimate of drug-likeness (QED) is 0.908. The van der Waals surface area contributed by atoms with Gasteiger partial charge in [-0.1, -0.05) is 23.7 Å². The molecule has 0 spiro atoms. The van der Waals surface area contributed by atoms with Crippen molar-refractivity contribution in [3.05, 3.63) is 53.3 Å². The maximum atomic E-state index is 13.5. The molecule has 1 amide bonds. The van der Waals surface area contributed by atoms with E-state index in [4.69, 9.17) is 21.1 Å². The van der Waals surface area contributed by atoms with Gasteiger partial charge in [0.2, 0.25) is 0 Å². The normalized spacial score (nSPS) is 11.6. The van der Waals surface area contributed by atoms with Gasteiger partial charge < -0.3 is 14.8 Å². The van der Waals surface area contributed by atoms with Crippen LogP contribution in [-0.2, 0) is 4.79 Å². The third-order valence-corrected chi connectivity index (χ3v) is 3.22. The zero-order chi connectivity index (χ0) is 16.1. The molecule has 0 aromatic heterocycles. The summed E-state index contributed by atoms with van der Waals surface area (Å²) in [5.41, 5.74) is 0.500. The molecule has 0 heterocycles. The number of rotatable bonds is 5. The van der Waals surface area contributed by atoms with E-state index in [0.717, 1.165) is 0 Å². The van der Waals surface area contributed by atoms with Gasteiger partial charge in [0, 0.05) is 5.69 Å². The largest absolute Gasteiger partial charge is 0.495 e. The van der Waals surface area contributed by atoms with Crippen molar-refractivity contribution < 1.29 is 18.7 Å². The molecule has 22 heavy (non-hydrogen) atoms. The Morgan fingerprint density at radius 1 is 1.23 bits per heavy atom. The van der Waals surface area contributed by atoms with E-state index in [2.05, 4.69) is 5.32 Å². The molecule has 0 radical (unpaired) electrons. The number of halogens is 2. The summed E-state index contributed by atoms with van der Waals surface area (Å²) in [7, 11) is 1.50. The first-order valence-corrected chi connectivity index (χ1v) is 6.94. The molecule has 0 fully saturated rings. The van der Waals surface area contributed by atoms with Gasteiger partial charge in [0.1, 0.15) is 5.75 Å². The number of amides is 1. The number of hydrogen-bond acceptors (Lipinski definition) is 3. The van der Waals surface area contributed by atoms with Gasteiger partial charge >= 0.3 is 0 Å². The van der Waals surface area contributed by atoms with Gasteiger partial charge in [-0.25, -0.2) is 4.39 Å². The van der Waals surface area contributed by atoms with E-state index >= 15 is 0 Å². The highest BCUT2D eigenvalue weighted by molar-refractivity contribution is 6.32. The third-order valence-electron chi connectivity index (χ3n) is 2.93. The van der Waals surface area contributed by atoms with Crippen molar-refractivity contribution in [2.45, 2.75) is 13.0 Å². The number of para-hydroxylation sites is 1. The second-order valence-electron chi connectivity index (χ2n) is 4.53. The molecule has 1 unspecified atom stereocenters. The Morgan fingerprint density at radius 2 is 1.95 bits per heavy atom. The fraction of sp³-hybridized carbons (Fsp3) is 0.188. The minimum absolute atomic E-state index is 0.0258. The number of nitrogens with one attached hydrogen (secondary N) is 1. The summed E-state index contributed by atoms with van der Waals surface area (Å²) < 4.78 is 23.8. The van der Waals surface area contributed by atoms with E-state index < -0.39 is 17.8 Å². The van der Waals surface area contributed by atoms with Crippen LogP contribution in [0.5, 0.6) is 11.5 Å². The highest BCUT2D eigenvalue weighted by atomic mass is 35.5. The van der Waals surface area contributed by atoms with Crippen molar-refractivity contribution in [2.24, 2.45) is 0 Å². The second kappa shape index (κ2) is 7.13. The maximum Gasteiger partial charge on any atom is 0.265 e. The Kier molecular flexibility index (Phi) is 5.22. The average molecular weight is 324 g/mol. The van der Waals surface area contributed by atoms with Crippen LogP contribution in [-0.4, -0.2) is 19.1 Å². The van der Waals surface area contributed by atoms with Gasteiger partial charge in [0.25, 0.3) is 5.91 Å².